The average Bonchev–Trinajstić information content (AvgIpc) is 3.92. The normalized spacial score (nSPS) is 21.0. The molecule has 3 N–H and O–H groups in total. The molecule has 4 aromatic rings. The number of hydrogen-bond acceptors (Lipinski definition) is 10. The van der Waals surface area contributed by atoms with Crippen LogP contribution in [0.25, 0.3) is 33.3 Å². The average molecular weight is 904 g/mol. The van der Waals surface area contributed by atoms with Crippen LogP contribution in [0.3, 0.4) is 0 Å². The number of rotatable bonds is 10. The molecule has 15 heteroatoms. The number of methoxy groups -OCH3 is 1. The number of carbonyl (C=O) groups excluding carboxylic acids is 5. The van der Waals surface area contributed by atoms with Crippen LogP contribution in [0, 0.1) is 17.3 Å². The molecule has 352 valence electrons. The Morgan fingerprint density at radius 1 is 1.09 bits per heavy atom. The Morgan fingerprint density at radius 2 is 1.86 bits per heavy atom. The summed E-state index contributed by atoms with van der Waals surface area (Å²) in [5, 5.41) is 16.7. The summed E-state index contributed by atoms with van der Waals surface area (Å²) in [4.78, 5) is 77.1. The summed E-state index contributed by atoms with van der Waals surface area (Å²) in [6.45, 7) is 17.1. The summed E-state index contributed by atoms with van der Waals surface area (Å²) in [7, 11) is 3.25. The minimum Gasteiger partial charge on any atom is -0.508 e. The number of likely N-dealkylation sites (tertiary alicyclic amines) is 1. The van der Waals surface area contributed by atoms with Gasteiger partial charge in [-0.2, -0.15) is 0 Å². The second kappa shape index (κ2) is 19.8. The molecular formula is C51H65N7O8. The van der Waals surface area contributed by atoms with Gasteiger partial charge in [-0.1, -0.05) is 46.4 Å². The van der Waals surface area contributed by atoms with Crippen molar-refractivity contribution < 1.29 is 38.6 Å². The molecule has 2 aromatic heterocycles. The topological polar surface area (TPSA) is 176 Å². The van der Waals surface area contributed by atoms with Gasteiger partial charge in [0.05, 0.1) is 30.0 Å². The number of carbonyl (C=O) groups is 5. The molecule has 15 nitrogen and oxygen atoms in total. The number of nitrogens with zero attached hydrogens (tertiary/aromatic N) is 5. The predicted octanol–water partition coefficient (Wildman–Crippen LogP) is 5.97. The summed E-state index contributed by atoms with van der Waals surface area (Å²) in [6, 6.07) is 12.5. The van der Waals surface area contributed by atoms with Crippen molar-refractivity contribution in [3.05, 3.63) is 84.2 Å². The highest BCUT2D eigenvalue weighted by atomic mass is 16.5. The zero-order chi connectivity index (χ0) is 47.6. The number of esters is 1. The number of ether oxygens (including phenoxy) is 2. The number of benzene rings is 2. The molecule has 2 fully saturated rings. The number of phenols is 1. The van der Waals surface area contributed by atoms with Gasteiger partial charge in [0, 0.05) is 74.8 Å². The number of likely N-dealkylation sites (N-methyl/N-ethyl adjacent to an activating group) is 1. The van der Waals surface area contributed by atoms with Crippen molar-refractivity contribution in [2.75, 3.05) is 40.4 Å². The number of nitrogens with one attached hydrogen (secondary N) is 2. The van der Waals surface area contributed by atoms with Crippen LogP contribution in [0.1, 0.15) is 83.7 Å². The molecule has 2 saturated heterocycles. The molecule has 2 aromatic carbocycles. The van der Waals surface area contributed by atoms with Crippen LogP contribution >= 0.6 is 0 Å². The number of pyridine rings is 1. The van der Waals surface area contributed by atoms with E-state index >= 15 is 0 Å². The van der Waals surface area contributed by atoms with Crippen molar-refractivity contribution >= 4 is 40.5 Å². The van der Waals surface area contributed by atoms with Crippen molar-refractivity contribution in [1.82, 2.24) is 35.1 Å². The summed E-state index contributed by atoms with van der Waals surface area (Å²) in [5.74, 6) is -2.87. The van der Waals surface area contributed by atoms with Crippen molar-refractivity contribution in [2.45, 2.75) is 104 Å². The minimum absolute atomic E-state index is 0.0114. The Labute approximate surface area is 387 Å². The van der Waals surface area contributed by atoms with E-state index in [0.29, 0.717) is 49.9 Å². The van der Waals surface area contributed by atoms with Gasteiger partial charge in [0.1, 0.15) is 23.9 Å². The highest BCUT2D eigenvalue weighted by Gasteiger charge is 2.40. The van der Waals surface area contributed by atoms with Crippen LogP contribution < -0.4 is 10.7 Å². The number of phenolic OH excluding ortho intramolecular Hbond substituents is 1. The fourth-order valence-electron chi connectivity index (χ4n) is 9.97. The zero-order valence-electron chi connectivity index (χ0n) is 39.6. The van der Waals surface area contributed by atoms with Crippen molar-refractivity contribution in [3.8, 4) is 28.1 Å². The van der Waals surface area contributed by atoms with E-state index in [4.69, 9.17) is 14.5 Å². The Kier molecular flexibility index (Phi) is 14.4. The maximum absolute atomic E-state index is 14.7. The molecule has 7 rings (SSSR count). The molecule has 0 spiro atoms. The Balaban J connectivity index is 1.31. The lowest BCUT2D eigenvalue weighted by atomic mass is 9.84. The van der Waals surface area contributed by atoms with E-state index in [1.807, 2.05) is 39.0 Å². The predicted molar refractivity (Wildman–Crippen MR) is 252 cm³/mol. The van der Waals surface area contributed by atoms with Gasteiger partial charge >= 0.3 is 5.97 Å². The van der Waals surface area contributed by atoms with Crippen LogP contribution in [0.15, 0.2) is 67.4 Å². The Hall–Kier alpha value is -6.06. The monoisotopic (exact) mass is 903 g/mol. The van der Waals surface area contributed by atoms with E-state index < -0.39 is 47.2 Å². The van der Waals surface area contributed by atoms with Crippen LogP contribution in [0.2, 0.25) is 0 Å². The van der Waals surface area contributed by atoms with E-state index in [-0.39, 0.29) is 55.7 Å². The van der Waals surface area contributed by atoms with Crippen molar-refractivity contribution in [1.29, 1.82) is 0 Å². The molecule has 66 heavy (non-hydrogen) atoms. The van der Waals surface area contributed by atoms with Crippen LogP contribution in [0.4, 0.5) is 0 Å². The highest BCUT2D eigenvalue weighted by Crippen LogP contribution is 2.42. The lowest BCUT2D eigenvalue weighted by Crippen LogP contribution is -2.62. The first-order chi connectivity index (χ1) is 31.4. The first kappa shape index (κ1) is 47.9. The van der Waals surface area contributed by atoms with E-state index in [9.17, 15) is 29.1 Å². The minimum atomic E-state index is -1.16. The maximum Gasteiger partial charge on any atom is 0.324 e. The summed E-state index contributed by atoms with van der Waals surface area (Å²) in [6.07, 6.45) is 4.65. The van der Waals surface area contributed by atoms with Gasteiger partial charge in [0.15, 0.2) is 0 Å². The van der Waals surface area contributed by atoms with Gasteiger partial charge < -0.3 is 34.3 Å². The molecule has 5 atom stereocenters. The third-order valence-corrected chi connectivity index (χ3v) is 13.4. The van der Waals surface area contributed by atoms with E-state index in [1.54, 1.807) is 37.4 Å². The summed E-state index contributed by atoms with van der Waals surface area (Å²) < 4.78 is 14.2. The number of cyclic esters (lactones) is 1. The zero-order valence-corrected chi connectivity index (χ0v) is 39.6. The lowest BCUT2D eigenvalue weighted by molar-refractivity contribution is -0.155. The fourth-order valence-corrected chi connectivity index (χ4v) is 9.97. The Bertz CT molecular complexity index is 2510. The lowest BCUT2D eigenvalue weighted by Gasteiger charge is -2.37. The van der Waals surface area contributed by atoms with Crippen molar-refractivity contribution in [2.24, 2.45) is 17.3 Å². The van der Waals surface area contributed by atoms with E-state index in [2.05, 4.69) is 60.9 Å². The van der Waals surface area contributed by atoms with Crippen LogP contribution in [0.5, 0.6) is 5.75 Å². The highest BCUT2D eigenvalue weighted by molar-refractivity contribution is 5.96. The van der Waals surface area contributed by atoms with E-state index in [0.717, 1.165) is 39.0 Å². The summed E-state index contributed by atoms with van der Waals surface area (Å²) >= 11 is 0. The smallest absolute Gasteiger partial charge is 0.324 e. The number of fused-ring (bicyclic) bond motifs is 6. The van der Waals surface area contributed by atoms with Gasteiger partial charge in [-0.25, -0.2) is 5.43 Å². The number of amides is 4. The first-order valence-corrected chi connectivity index (χ1v) is 23.1. The maximum atomic E-state index is 14.7. The quantitative estimate of drug-likeness (QED) is 0.127. The standard InChI is InChI=1S/C51H65N7O8/c1-10-43(60)56-21-18-34(28-56)48(62)55(8)45(30(3)4)47(61)53-41-24-32-22-35(25-36(59)23-32)33-16-17-42-38(26-33)39(46(57(42)11-2)37-14-12-19-52-44(37)31(5)65-9)27-51(6,7)29-66-50(64)40-15-13-20-58(54-40)49(41)63/h10,12,14,16-17,19,22-23,25-26,30-31,34,40-41,45,54,59H,1,11,13,15,18,20-21,24,27-29H2,2-9H3,(H,53,61)/t31-,34-,40-,41-,45-/m0/s1. The molecule has 0 saturated carbocycles. The number of hydrogen-bond donors (Lipinski definition) is 3. The molecule has 0 unspecified atom stereocenters. The molecule has 6 bridgehead atoms. The van der Waals surface area contributed by atoms with Gasteiger partial charge in [0.2, 0.25) is 17.7 Å². The van der Waals surface area contributed by atoms with Crippen LogP contribution in [-0.4, -0.2) is 118 Å². The fraction of sp³-hybridized carbons (Fsp3) is 0.490. The number of hydrazine groups is 1. The largest absolute Gasteiger partial charge is 0.508 e. The molecule has 0 radical (unpaired) electrons. The number of aryl methyl sites for hydroxylation is 1. The molecule has 3 aliphatic rings. The number of aromatic nitrogens is 2. The van der Waals surface area contributed by atoms with Gasteiger partial charge in [-0.05, 0) is 110 Å². The van der Waals surface area contributed by atoms with E-state index in [1.165, 1.54) is 16.0 Å². The van der Waals surface area contributed by atoms with Crippen LogP contribution in [-0.2, 0) is 52.8 Å². The molecule has 4 amide bonds. The SMILES string of the molecule is C=CC(=O)N1CC[C@H](C(=O)N(C)[C@H](C(=O)N[C@H]2Cc3cc(O)cc(c3)-c3ccc4c(c3)c(c(-c3cccnc3[C@H](C)OC)n4CC)CC(C)(C)COC(=O)[C@@H]3CCCN(N3)C2=O)C(C)C)C1. The van der Waals surface area contributed by atoms with Crippen molar-refractivity contribution in [3.63, 3.8) is 0 Å². The third kappa shape index (κ3) is 9.87. The second-order valence-electron chi connectivity index (χ2n) is 19.1. The molecular weight excluding hydrogens is 839 g/mol. The number of aromatic hydroxyl groups is 1. The molecule has 5 heterocycles. The third-order valence-electron chi connectivity index (χ3n) is 13.4. The van der Waals surface area contributed by atoms with Gasteiger partial charge in [-0.15, -0.1) is 0 Å². The van der Waals surface area contributed by atoms with Gasteiger partial charge in [0.25, 0.3) is 5.91 Å². The molecule has 0 aliphatic carbocycles. The first-order valence-electron chi connectivity index (χ1n) is 23.1. The van der Waals surface area contributed by atoms with Gasteiger partial charge in [-0.3, -0.25) is 34.0 Å². The summed E-state index contributed by atoms with van der Waals surface area (Å²) in [5.41, 5.74) is 9.52. The molecule has 3 aliphatic heterocycles. The Morgan fingerprint density at radius 3 is 2.58 bits per heavy atom. The second-order valence-corrected chi connectivity index (χ2v) is 19.1.